The van der Waals surface area contributed by atoms with E-state index in [-0.39, 0.29) is 22.9 Å². The van der Waals surface area contributed by atoms with Crippen LogP contribution in [0.3, 0.4) is 0 Å². The number of nitrogens with zero attached hydrogens (tertiary/aromatic N) is 1. The maximum absolute atomic E-state index is 13.7. The monoisotopic (exact) mass is 547 g/mol. The van der Waals surface area contributed by atoms with Crippen LogP contribution in [0.1, 0.15) is 40.2 Å². The van der Waals surface area contributed by atoms with Crippen LogP contribution >= 0.6 is 11.6 Å². The molecule has 4 aromatic rings. The van der Waals surface area contributed by atoms with E-state index in [1.165, 1.54) is 25.3 Å². The Morgan fingerprint density at radius 2 is 1.95 bits per heavy atom. The van der Waals surface area contributed by atoms with Crippen molar-refractivity contribution in [3.8, 4) is 11.5 Å². The van der Waals surface area contributed by atoms with Gasteiger partial charge in [0.1, 0.15) is 35.6 Å². The van der Waals surface area contributed by atoms with Gasteiger partial charge in [-0.05, 0) is 66.6 Å². The van der Waals surface area contributed by atoms with E-state index in [4.69, 9.17) is 25.8 Å². The van der Waals surface area contributed by atoms with Crippen molar-refractivity contribution in [1.82, 2.24) is 4.98 Å². The minimum atomic E-state index is -1.12. The molecule has 1 N–H and O–H groups in total. The summed E-state index contributed by atoms with van der Waals surface area (Å²) in [5.41, 5.74) is 3.87. The number of halogens is 2. The minimum absolute atomic E-state index is 0.00315. The highest BCUT2D eigenvalue weighted by Gasteiger charge is 2.18. The topological polar surface area (TPSA) is 77.9 Å². The Hall–Kier alpha value is -4.20. The van der Waals surface area contributed by atoms with Crippen molar-refractivity contribution in [3.63, 3.8) is 0 Å². The second-order valence-electron chi connectivity index (χ2n) is 8.93. The van der Waals surface area contributed by atoms with Gasteiger partial charge in [-0.15, -0.1) is 0 Å². The Kier molecular flexibility index (Phi) is 8.96. The van der Waals surface area contributed by atoms with Gasteiger partial charge in [-0.3, -0.25) is 0 Å². The third-order valence-electron chi connectivity index (χ3n) is 5.82. The maximum Gasteiger partial charge on any atom is 0.339 e. The van der Waals surface area contributed by atoms with Crippen LogP contribution in [-0.2, 0) is 4.74 Å². The predicted octanol–water partition coefficient (Wildman–Crippen LogP) is 7.62. The smallest absolute Gasteiger partial charge is 0.339 e. The van der Waals surface area contributed by atoms with Crippen LogP contribution in [0.25, 0.3) is 23.1 Å². The number of benzene rings is 3. The number of carbonyl (C=O) groups is 1. The lowest BCUT2D eigenvalue weighted by molar-refractivity contribution is 0.0314. The molecule has 3 aromatic carbocycles. The summed E-state index contributed by atoms with van der Waals surface area (Å²) in [4.78, 5) is 16.3. The van der Waals surface area contributed by atoms with Gasteiger partial charge in [0.05, 0.1) is 29.9 Å². The fourth-order valence-corrected chi connectivity index (χ4v) is 4.01. The zero-order valence-electron chi connectivity index (χ0n) is 21.5. The molecule has 4 rings (SSSR count). The normalized spacial score (nSPS) is 12.0. The Labute approximate surface area is 230 Å². The molecule has 1 atom stereocenters. The maximum atomic E-state index is 13.7. The van der Waals surface area contributed by atoms with Crippen molar-refractivity contribution in [3.05, 3.63) is 112 Å². The van der Waals surface area contributed by atoms with Gasteiger partial charge < -0.3 is 19.3 Å². The van der Waals surface area contributed by atoms with Crippen LogP contribution in [0.2, 0.25) is 5.02 Å². The van der Waals surface area contributed by atoms with Gasteiger partial charge in [-0.1, -0.05) is 54.1 Å². The van der Waals surface area contributed by atoms with Crippen LogP contribution in [0.15, 0.2) is 78.9 Å². The number of rotatable bonds is 11. The van der Waals surface area contributed by atoms with Gasteiger partial charge in [0, 0.05) is 5.39 Å². The van der Waals surface area contributed by atoms with E-state index in [0.717, 1.165) is 16.7 Å². The first-order valence-electron chi connectivity index (χ1n) is 12.1. The zero-order chi connectivity index (χ0) is 27.9. The quantitative estimate of drug-likeness (QED) is 0.195. The lowest BCUT2D eigenvalue weighted by atomic mass is 10.1. The minimum Gasteiger partial charge on any atom is -0.497 e. The Balaban J connectivity index is 1.56. The predicted molar refractivity (Wildman–Crippen MR) is 151 cm³/mol. The summed E-state index contributed by atoms with van der Waals surface area (Å²) in [6.45, 7) is 6.16. The summed E-state index contributed by atoms with van der Waals surface area (Å²) in [6, 6.07) is 18.8. The molecule has 8 heteroatoms. The number of hydrogen-bond acceptors (Lipinski definition) is 5. The van der Waals surface area contributed by atoms with Gasteiger partial charge >= 0.3 is 5.97 Å². The summed E-state index contributed by atoms with van der Waals surface area (Å²) >= 11 is 5.91. The highest BCUT2D eigenvalue weighted by atomic mass is 35.5. The third kappa shape index (κ3) is 7.22. The number of hydrogen-bond donors (Lipinski definition) is 1. The summed E-state index contributed by atoms with van der Waals surface area (Å²) in [6.07, 6.45) is 3.27. The van der Waals surface area contributed by atoms with Crippen molar-refractivity contribution in [2.24, 2.45) is 0 Å². The molecule has 0 amide bonds. The number of fused-ring (bicyclic) bond motifs is 1. The number of methoxy groups -OCH3 is 1. The number of aromatic carboxylic acids is 1. The summed E-state index contributed by atoms with van der Waals surface area (Å²) in [5, 5.41) is 10.3. The molecular weight excluding hydrogens is 521 g/mol. The van der Waals surface area contributed by atoms with Crippen molar-refractivity contribution in [2.45, 2.75) is 13.0 Å². The number of aromatic nitrogens is 1. The van der Waals surface area contributed by atoms with Crippen LogP contribution in [0, 0.1) is 5.82 Å². The van der Waals surface area contributed by atoms with Gasteiger partial charge in [0.15, 0.2) is 0 Å². The fourth-order valence-electron chi connectivity index (χ4n) is 3.85. The second-order valence-corrected chi connectivity index (χ2v) is 9.34. The molecule has 1 heterocycles. The fraction of sp³-hybridized carbons (Fsp3) is 0.161. The van der Waals surface area contributed by atoms with Crippen LogP contribution < -0.4 is 9.47 Å². The van der Waals surface area contributed by atoms with Gasteiger partial charge in [0.25, 0.3) is 0 Å². The third-order valence-corrected chi connectivity index (χ3v) is 6.11. The first kappa shape index (κ1) is 27.8. The molecule has 0 aliphatic carbocycles. The van der Waals surface area contributed by atoms with Gasteiger partial charge in [-0.2, -0.15) is 0 Å². The molecule has 39 heavy (non-hydrogen) atoms. The molecule has 1 aromatic heterocycles. The summed E-state index contributed by atoms with van der Waals surface area (Å²) < 4.78 is 30.8. The lowest BCUT2D eigenvalue weighted by Gasteiger charge is -2.20. The van der Waals surface area contributed by atoms with E-state index < -0.39 is 17.9 Å². The van der Waals surface area contributed by atoms with Crippen molar-refractivity contribution in [2.75, 3.05) is 20.3 Å². The van der Waals surface area contributed by atoms with Crippen LogP contribution in [0.5, 0.6) is 11.5 Å². The summed E-state index contributed by atoms with van der Waals surface area (Å²) in [7, 11) is 1.47. The Morgan fingerprint density at radius 3 is 2.69 bits per heavy atom. The van der Waals surface area contributed by atoms with Crippen molar-refractivity contribution in [1.29, 1.82) is 0 Å². The van der Waals surface area contributed by atoms with Crippen molar-refractivity contribution >= 4 is 40.6 Å². The van der Waals surface area contributed by atoms with E-state index in [1.54, 1.807) is 24.3 Å². The molecule has 0 saturated carbocycles. The molecule has 0 spiro atoms. The first-order chi connectivity index (χ1) is 18.7. The highest BCUT2D eigenvalue weighted by Crippen LogP contribution is 2.28. The Morgan fingerprint density at radius 1 is 1.13 bits per heavy atom. The number of ether oxygens (including phenoxy) is 3. The molecule has 1 unspecified atom stereocenters. The zero-order valence-corrected chi connectivity index (χ0v) is 22.2. The van der Waals surface area contributed by atoms with Gasteiger partial charge in [0.2, 0.25) is 0 Å². The first-order valence-corrected chi connectivity index (χ1v) is 12.4. The second kappa shape index (κ2) is 12.6. The number of pyridine rings is 1. The van der Waals surface area contributed by atoms with E-state index in [0.29, 0.717) is 29.0 Å². The highest BCUT2D eigenvalue weighted by molar-refractivity contribution is 6.31. The average Bonchev–Trinajstić information content (AvgIpc) is 2.92. The standard InChI is InChI=1S/C31H27ClFNO5/c1-19(2)17-38-30(18-39-29-12-11-24(37-3)15-25(29)31(35)36)22-6-4-5-20(13-22)7-9-23-10-8-21-14-27(33)26(32)16-28(21)34-23/h4-16,30H,1,17-18H2,2-3H3,(H,35,36)/b9-7+. The summed E-state index contributed by atoms with van der Waals surface area (Å²) in [5.74, 6) is -0.967. The Bertz CT molecular complexity index is 1550. The van der Waals surface area contributed by atoms with Gasteiger partial charge in [-0.25, -0.2) is 14.2 Å². The van der Waals surface area contributed by atoms with Crippen LogP contribution in [0.4, 0.5) is 4.39 Å². The molecule has 0 aliphatic heterocycles. The number of carboxylic acids is 1. The molecule has 0 fully saturated rings. The molecular formula is C31H27ClFNO5. The molecule has 0 saturated heterocycles. The average molecular weight is 548 g/mol. The lowest BCUT2D eigenvalue weighted by Crippen LogP contribution is -2.16. The van der Waals surface area contributed by atoms with E-state index in [2.05, 4.69) is 11.6 Å². The largest absolute Gasteiger partial charge is 0.497 e. The van der Waals surface area contributed by atoms with Crippen LogP contribution in [-0.4, -0.2) is 36.4 Å². The van der Waals surface area contributed by atoms with Crippen molar-refractivity contribution < 1.29 is 28.5 Å². The molecule has 6 nitrogen and oxygen atoms in total. The van der Waals surface area contributed by atoms with E-state index in [1.807, 2.05) is 43.3 Å². The number of carboxylic acid groups (broad SMARTS) is 1. The van der Waals surface area contributed by atoms with E-state index in [9.17, 15) is 14.3 Å². The molecule has 0 bridgehead atoms. The molecule has 200 valence electrons. The molecule has 0 radical (unpaired) electrons. The van der Waals surface area contributed by atoms with E-state index >= 15 is 0 Å². The SMILES string of the molecule is C=C(C)COC(COc1ccc(OC)cc1C(=O)O)c1cccc(/C=C/c2ccc3cc(F)c(Cl)cc3n2)c1. The molecule has 0 aliphatic rings.